The van der Waals surface area contributed by atoms with Crippen LogP contribution in [0.5, 0.6) is 0 Å². The molecule has 0 aliphatic rings. The van der Waals surface area contributed by atoms with Gasteiger partial charge in [-0.3, -0.25) is 9.69 Å². The van der Waals surface area contributed by atoms with Crippen LogP contribution in [0.4, 0.5) is 0 Å². The highest BCUT2D eigenvalue weighted by atomic mass is 35.5. The molecule has 0 saturated carbocycles. The predicted octanol–water partition coefficient (Wildman–Crippen LogP) is 4.33. The van der Waals surface area contributed by atoms with Gasteiger partial charge in [0.2, 0.25) is 0 Å². The molecule has 0 radical (unpaired) electrons. The predicted molar refractivity (Wildman–Crippen MR) is 89.0 cm³/mol. The molecular weight excluding hydrogens is 306 g/mol. The third-order valence-electron chi connectivity index (χ3n) is 3.32. The molecule has 3 nitrogen and oxygen atoms in total. The van der Waals surface area contributed by atoms with Gasteiger partial charge in [-0.15, -0.1) is 11.3 Å². The average molecular weight is 326 g/mol. The van der Waals surface area contributed by atoms with E-state index in [9.17, 15) is 4.79 Å². The molecule has 5 heteroatoms. The lowest BCUT2D eigenvalue weighted by Gasteiger charge is -2.24. The van der Waals surface area contributed by atoms with Crippen molar-refractivity contribution in [2.24, 2.45) is 0 Å². The standard InChI is InChI=1S/C16H20ClNO2S/c1-4-20-15(19)10-18(11(2)3)9-14-16(17)12-7-5-6-8-13(12)21-14/h5-8,11H,4,9-10H2,1-3H3. The number of rotatable bonds is 6. The molecule has 0 bridgehead atoms. The topological polar surface area (TPSA) is 29.5 Å². The van der Waals surface area contributed by atoms with Gasteiger partial charge in [-0.25, -0.2) is 0 Å². The maximum Gasteiger partial charge on any atom is 0.320 e. The minimum absolute atomic E-state index is 0.191. The molecule has 0 spiro atoms. The number of nitrogens with zero attached hydrogens (tertiary/aromatic N) is 1. The van der Waals surface area contributed by atoms with E-state index in [-0.39, 0.29) is 18.6 Å². The fraction of sp³-hybridized carbons (Fsp3) is 0.438. The summed E-state index contributed by atoms with van der Waals surface area (Å²) in [6.45, 7) is 7.32. The van der Waals surface area contributed by atoms with Crippen molar-refractivity contribution in [2.75, 3.05) is 13.2 Å². The van der Waals surface area contributed by atoms with Gasteiger partial charge in [0.1, 0.15) is 0 Å². The highest BCUT2D eigenvalue weighted by Gasteiger charge is 2.19. The number of halogens is 1. The van der Waals surface area contributed by atoms with Gasteiger partial charge in [-0.05, 0) is 26.8 Å². The fourth-order valence-corrected chi connectivity index (χ4v) is 3.66. The van der Waals surface area contributed by atoms with Crippen LogP contribution in [0.1, 0.15) is 25.6 Å². The summed E-state index contributed by atoms with van der Waals surface area (Å²) in [4.78, 5) is 14.9. The smallest absolute Gasteiger partial charge is 0.320 e. The number of hydrogen-bond donors (Lipinski definition) is 0. The van der Waals surface area contributed by atoms with Crippen molar-refractivity contribution in [3.63, 3.8) is 0 Å². The molecule has 0 atom stereocenters. The maximum absolute atomic E-state index is 11.7. The summed E-state index contributed by atoms with van der Waals surface area (Å²) in [5.74, 6) is -0.191. The summed E-state index contributed by atoms with van der Waals surface area (Å²) in [6.07, 6.45) is 0. The summed E-state index contributed by atoms with van der Waals surface area (Å²) in [5.41, 5.74) is 0. The van der Waals surface area contributed by atoms with Gasteiger partial charge in [0, 0.05) is 27.5 Å². The zero-order chi connectivity index (χ0) is 15.4. The second-order valence-electron chi connectivity index (χ2n) is 5.14. The lowest BCUT2D eigenvalue weighted by atomic mass is 10.2. The Labute approximate surface area is 134 Å². The highest BCUT2D eigenvalue weighted by Crippen LogP contribution is 2.36. The van der Waals surface area contributed by atoms with Crippen molar-refractivity contribution in [1.29, 1.82) is 0 Å². The molecule has 0 N–H and O–H groups in total. The van der Waals surface area contributed by atoms with E-state index in [4.69, 9.17) is 16.3 Å². The van der Waals surface area contributed by atoms with Crippen molar-refractivity contribution >= 4 is 39.0 Å². The van der Waals surface area contributed by atoms with Crippen LogP contribution in [0.25, 0.3) is 10.1 Å². The van der Waals surface area contributed by atoms with Crippen molar-refractivity contribution < 1.29 is 9.53 Å². The normalized spacial score (nSPS) is 11.5. The summed E-state index contributed by atoms with van der Waals surface area (Å²) < 4.78 is 6.22. The van der Waals surface area contributed by atoms with E-state index in [0.717, 1.165) is 15.3 Å². The van der Waals surface area contributed by atoms with Gasteiger partial charge in [0.25, 0.3) is 0 Å². The van der Waals surface area contributed by atoms with Gasteiger partial charge >= 0.3 is 5.97 Å². The molecular formula is C16H20ClNO2S. The van der Waals surface area contributed by atoms with E-state index in [1.165, 1.54) is 4.70 Å². The molecule has 0 fully saturated rings. The van der Waals surface area contributed by atoms with Crippen LogP contribution in [-0.2, 0) is 16.1 Å². The molecule has 0 saturated heterocycles. The second kappa shape index (κ2) is 7.25. The Hall–Kier alpha value is -1.10. The van der Waals surface area contributed by atoms with E-state index in [1.54, 1.807) is 11.3 Å². The highest BCUT2D eigenvalue weighted by molar-refractivity contribution is 7.19. The molecule has 0 aliphatic carbocycles. The molecule has 1 aromatic heterocycles. The largest absolute Gasteiger partial charge is 0.465 e. The van der Waals surface area contributed by atoms with Gasteiger partial charge in [-0.1, -0.05) is 29.8 Å². The van der Waals surface area contributed by atoms with Crippen LogP contribution >= 0.6 is 22.9 Å². The molecule has 114 valence electrons. The van der Waals surface area contributed by atoms with Crippen LogP contribution < -0.4 is 0 Å². The number of fused-ring (bicyclic) bond motifs is 1. The van der Waals surface area contributed by atoms with Gasteiger partial charge in [0.15, 0.2) is 0 Å². The van der Waals surface area contributed by atoms with Crippen molar-refractivity contribution in [3.05, 3.63) is 34.2 Å². The number of carbonyl (C=O) groups excluding carboxylic acids is 1. The lowest BCUT2D eigenvalue weighted by molar-refractivity contribution is -0.145. The number of carbonyl (C=O) groups is 1. The molecule has 2 aromatic rings. The van der Waals surface area contributed by atoms with Crippen LogP contribution in [-0.4, -0.2) is 30.1 Å². The number of ether oxygens (including phenoxy) is 1. The first-order valence-corrected chi connectivity index (χ1v) is 8.28. The Morgan fingerprint density at radius 1 is 1.38 bits per heavy atom. The van der Waals surface area contributed by atoms with E-state index in [2.05, 4.69) is 24.8 Å². The number of thiophene rings is 1. The van der Waals surface area contributed by atoms with Crippen LogP contribution in [0.2, 0.25) is 5.02 Å². The van der Waals surface area contributed by atoms with Crippen molar-refractivity contribution in [1.82, 2.24) is 4.90 Å². The van der Waals surface area contributed by atoms with Crippen molar-refractivity contribution in [3.8, 4) is 0 Å². The first kappa shape index (κ1) is 16.3. The average Bonchev–Trinajstić information content (AvgIpc) is 2.75. The lowest BCUT2D eigenvalue weighted by Crippen LogP contribution is -2.35. The first-order valence-electron chi connectivity index (χ1n) is 7.08. The van der Waals surface area contributed by atoms with Crippen LogP contribution in [0.15, 0.2) is 24.3 Å². The minimum Gasteiger partial charge on any atom is -0.465 e. The maximum atomic E-state index is 11.7. The second-order valence-corrected chi connectivity index (χ2v) is 6.65. The molecule has 21 heavy (non-hydrogen) atoms. The molecule has 0 aliphatic heterocycles. The Kier molecular flexibility index (Phi) is 5.62. The quantitative estimate of drug-likeness (QED) is 0.740. The van der Waals surface area contributed by atoms with Crippen LogP contribution in [0.3, 0.4) is 0 Å². The Bertz CT molecular complexity index is 624. The first-order chi connectivity index (χ1) is 10.0. The van der Waals surface area contributed by atoms with Crippen molar-refractivity contribution in [2.45, 2.75) is 33.4 Å². The monoisotopic (exact) mass is 325 g/mol. The Morgan fingerprint density at radius 3 is 2.71 bits per heavy atom. The van der Waals surface area contributed by atoms with E-state index in [0.29, 0.717) is 13.2 Å². The van der Waals surface area contributed by atoms with Gasteiger partial charge in [-0.2, -0.15) is 0 Å². The number of benzene rings is 1. The molecule has 1 aromatic carbocycles. The zero-order valence-electron chi connectivity index (χ0n) is 12.6. The minimum atomic E-state index is -0.191. The Morgan fingerprint density at radius 2 is 2.10 bits per heavy atom. The summed E-state index contributed by atoms with van der Waals surface area (Å²) in [5, 5.41) is 1.88. The molecule has 0 amide bonds. The summed E-state index contributed by atoms with van der Waals surface area (Å²) >= 11 is 8.16. The third kappa shape index (κ3) is 3.96. The summed E-state index contributed by atoms with van der Waals surface area (Å²) in [6, 6.07) is 8.35. The Balaban J connectivity index is 2.18. The number of hydrogen-bond acceptors (Lipinski definition) is 4. The molecule has 0 unspecified atom stereocenters. The fourth-order valence-electron chi connectivity index (χ4n) is 2.14. The molecule has 2 rings (SSSR count). The zero-order valence-corrected chi connectivity index (χ0v) is 14.1. The number of esters is 1. The summed E-state index contributed by atoms with van der Waals surface area (Å²) in [7, 11) is 0. The van der Waals surface area contributed by atoms with Crippen LogP contribution in [0, 0.1) is 0 Å². The van der Waals surface area contributed by atoms with Gasteiger partial charge < -0.3 is 4.74 Å². The van der Waals surface area contributed by atoms with E-state index >= 15 is 0 Å². The van der Waals surface area contributed by atoms with E-state index in [1.807, 2.05) is 25.1 Å². The van der Waals surface area contributed by atoms with Gasteiger partial charge in [0.05, 0.1) is 18.2 Å². The SMILES string of the molecule is CCOC(=O)CN(Cc1sc2ccccc2c1Cl)C(C)C. The van der Waals surface area contributed by atoms with E-state index < -0.39 is 0 Å². The molecule has 1 heterocycles. The third-order valence-corrected chi connectivity index (χ3v) is 5.02.